The number of carbonyl (C=O) groups excluding carboxylic acids is 1. The molecule has 0 fully saturated rings. The van der Waals surface area contributed by atoms with Gasteiger partial charge in [-0.3, -0.25) is 4.79 Å². The van der Waals surface area contributed by atoms with Crippen LogP contribution >= 0.6 is 0 Å². The summed E-state index contributed by atoms with van der Waals surface area (Å²) in [4.78, 5) is 16.4. The van der Waals surface area contributed by atoms with Crippen LogP contribution in [0.25, 0.3) is 0 Å². The Morgan fingerprint density at radius 1 is 1.32 bits per heavy atom. The van der Waals surface area contributed by atoms with Crippen molar-refractivity contribution >= 4 is 11.6 Å². The molecule has 0 atom stereocenters. The SMILES string of the molecule is CCCOC(C)(C)C(=O)Nc1cnc(OCCOC)c(C)c1. The minimum absolute atomic E-state index is 0.199. The van der Waals surface area contributed by atoms with E-state index in [1.165, 1.54) is 0 Å². The number of rotatable bonds is 9. The van der Waals surface area contributed by atoms with E-state index < -0.39 is 5.60 Å². The van der Waals surface area contributed by atoms with Crippen molar-refractivity contribution in [1.82, 2.24) is 4.98 Å². The van der Waals surface area contributed by atoms with Gasteiger partial charge in [0.25, 0.3) is 5.91 Å². The lowest BCUT2D eigenvalue weighted by atomic mass is 10.1. The molecule has 124 valence electrons. The van der Waals surface area contributed by atoms with E-state index >= 15 is 0 Å². The molecular formula is C16H26N2O4. The number of anilines is 1. The van der Waals surface area contributed by atoms with Crippen molar-refractivity contribution in [3.63, 3.8) is 0 Å². The highest BCUT2D eigenvalue weighted by Gasteiger charge is 2.28. The molecule has 0 aliphatic carbocycles. The van der Waals surface area contributed by atoms with Crippen molar-refractivity contribution in [3.05, 3.63) is 17.8 Å². The Balaban J connectivity index is 2.66. The summed E-state index contributed by atoms with van der Waals surface area (Å²) in [5.74, 6) is 0.340. The van der Waals surface area contributed by atoms with Crippen LogP contribution < -0.4 is 10.1 Å². The van der Waals surface area contributed by atoms with E-state index in [1.807, 2.05) is 19.9 Å². The van der Waals surface area contributed by atoms with Gasteiger partial charge in [-0.25, -0.2) is 4.98 Å². The molecule has 0 saturated carbocycles. The molecule has 1 N–H and O–H groups in total. The van der Waals surface area contributed by atoms with Gasteiger partial charge in [0.15, 0.2) is 0 Å². The first-order valence-corrected chi connectivity index (χ1v) is 7.44. The van der Waals surface area contributed by atoms with Crippen LogP contribution in [-0.2, 0) is 14.3 Å². The molecule has 6 nitrogen and oxygen atoms in total. The molecule has 0 radical (unpaired) electrons. The smallest absolute Gasteiger partial charge is 0.256 e. The highest BCUT2D eigenvalue weighted by Crippen LogP contribution is 2.20. The number of amides is 1. The molecule has 0 aromatic carbocycles. The largest absolute Gasteiger partial charge is 0.475 e. The average molecular weight is 310 g/mol. The Morgan fingerprint density at radius 2 is 2.05 bits per heavy atom. The molecule has 0 aliphatic heterocycles. The van der Waals surface area contributed by atoms with Crippen LogP contribution in [0.3, 0.4) is 0 Å². The molecule has 1 rings (SSSR count). The summed E-state index contributed by atoms with van der Waals surface area (Å²) >= 11 is 0. The van der Waals surface area contributed by atoms with Gasteiger partial charge in [-0.05, 0) is 33.3 Å². The summed E-state index contributed by atoms with van der Waals surface area (Å²) in [7, 11) is 1.62. The van der Waals surface area contributed by atoms with Crippen molar-refractivity contribution in [2.24, 2.45) is 0 Å². The predicted molar refractivity (Wildman–Crippen MR) is 85.3 cm³/mol. The van der Waals surface area contributed by atoms with Crippen molar-refractivity contribution in [2.75, 3.05) is 32.2 Å². The van der Waals surface area contributed by atoms with E-state index in [1.54, 1.807) is 27.2 Å². The monoisotopic (exact) mass is 310 g/mol. The number of aromatic nitrogens is 1. The molecule has 1 heterocycles. The molecule has 22 heavy (non-hydrogen) atoms. The van der Waals surface area contributed by atoms with Crippen molar-refractivity contribution in [2.45, 2.75) is 39.7 Å². The highest BCUT2D eigenvalue weighted by molar-refractivity contribution is 5.96. The van der Waals surface area contributed by atoms with Crippen LogP contribution in [0.5, 0.6) is 5.88 Å². The number of nitrogens with one attached hydrogen (secondary N) is 1. The van der Waals surface area contributed by atoms with Gasteiger partial charge in [-0.1, -0.05) is 6.92 Å². The Morgan fingerprint density at radius 3 is 2.64 bits per heavy atom. The predicted octanol–water partition coefficient (Wildman–Crippen LogP) is 2.56. The third kappa shape index (κ3) is 5.61. The molecule has 0 spiro atoms. The van der Waals surface area contributed by atoms with Crippen molar-refractivity contribution in [1.29, 1.82) is 0 Å². The number of methoxy groups -OCH3 is 1. The Kier molecular flexibility index (Phi) is 7.27. The third-order valence-electron chi connectivity index (χ3n) is 3.03. The number of pyridine rings is 1. The zero-order chi connectivity index (χ0) is 16.6. The Labute approximate surface area is 132 Å². The van der Waals surface area contributed by atoms with E-state index in [0.29, 0.717) is 31.4 Å². The fourth-order valence-electron chi connectivity index (χ4n) is 1.71. The molecule has 1 aromatic rings. The summed E-state index contributed by atoms with van der Waals surface area (Å²) in [6, 6.07) is 1.82. The second kappa shape index (κ2) is 8.70. The Bertz CT molecular complexity index is 489. The summed E-state index contributed by atoms with van der Waals surface area (Å²) < 4.78 is 16.0. The zero-order valence-electron chi connectivity index (χ0n) is 14.1. The topological polar surface area (TPSA) is 69.7 Å². The van der Waals surface area contributed by atoms with Gasteiger partial charge >= 0.3 is 0 Å². The number of nitrogens with zero attached hydrogens (tertiary/aromatic N) is 1. The van der Waals surface area contributed by atoms with E-state index in [9.17, 15) is 4.79 Å². The lowest BCUT2D eigenvalue weighted by molar-refractivity contribution is -0.137. The normalized spacial score (nSPS) is 11.3. The van der Waals surface area contributed by atoms with Crippen LogP contribution in [0, 0.1) is 6.92 Å². The van der Waals surface area contributed by atoms with Crippen molar-refractivity contribution < 1.29 is 19.0 Å². The van der Waals surface area contributed by atoms with Crippen LogP contribution in [0.1, 0.15) is 32.8 Å². The molecule has 0 aliphatic rings. The van der Waals surface area contributed by atoms with Gasteiger partial charge in [0.1, 0.15) is 12.2 Å². The van der Waals surface area contributed by atoms with E-state index in [2.05, 4.69) is 10.3 Å². The first-order valence-electron chi connectivity index (χ1n) is 7.44. The molecule has 0 bridgehead atoms. The first kappa shape index (κ1) is 18.4. The number of carbonyl (C=O) groups is 1. The lowest BCUT2D eigenvalue weighted by Crippen LogP contribution is -2.40. The summed E-state index contributed by atoms with van der Waals surface area (Å²) in [5.41, 5.74) is 0.591. The van der Waals surface area contributed by atoms with Crippen LogP contribution in [0.15, 0.2) is 12.3 Å². The number of hydrogen-bond donors (Lipinski definition) is 1. The molecule has 0 saturated heterocycles. The minimum Gasteiger partial charge on any atom is -0.475 e. The number of ether oxygens (including phenoxy) is 3. The summed E-state index contributed by atoms with van der Waals surface area (Å²) in [6.45, 7) is 8.87. The maximum atomic E-state index is 12.2. The second-order valence-corrected chi connectivity index (χ2v) is 5.50. The summed E-state index contributed by atoms with van der Waals surface area (Å²) in [6.07, 6.45) is 2.44. The van der Waals surface area contributed by atoms with Crippen LogP contribution in [0.4, 0.5) is 5.69 Å². The van der Waals surface area contributed by atoms with E-state index in [0.717, 1.165) is 12.0 Å². The van der Waals surface area contributed by atoms with Gasteiger partial charge in [0, 0.05) is 19.3 Å². The maximum absolute atomic E-state index is 12.2. The standard InChI is InChI=1S/C16H26N2O4/c1-6-7-22-16(3,4)15(19)18-13-10-12(2)14(17-11-13)21-9-8-20-5/h10-11H,6-9H2,1-5H3,(H,18,19). The van der Waals surface area contributed by atoms with Gasteiger partial charge in [-0.15, -0.1) is 0 Å². The third-order valence-corrected chi connectivity index (χ3v) is 3.03. The Hall–Kier alpha value is -1.66. The summed E-state index contributed by atoms with van der Waals surface area (Å²) in [5, 5.41) is 2.82. The highest BCUT2D eigenvalue weighted by atomic mass is 16.5. The van der Waals surface area contributed by atoms with E-state index in [-0.39, 0.29) is 5.91 Å². The minimum atomic E-state index is -0.877. The van der Waals surface area contributed by atoms with Crippen LogP contribution in [0.2, 0.25) is 0 Å². The van der Waals surface area contributed by atoms with Crippen molar-refractivity contribution in [3.8, 4) is 5.88 Å². The zero-order valence-corrected chi connectivity index (χ0v) is 14.1. The van der Waals surface area contributed by atoms with Gasteiger partial charge in [0.05, 0.1) is 18.5 Å². The van der Waals surface area contributed by atoms with E-state index in [4.69, 9.17) is 14.2 Å². The van der Waals surface area contributed by atoms with Gasteiger partial charge in [-0.2, -0.15) is 0 Å². The first-order chi connectivity index (χ1) is 10.4. The molecule has 6 heteroatoms. The fraction of sp³-hybridized carbons (Fsp3) is 0.625. The fourth-order valence-corrected chi connectivity index (χ4v) is 1.71. The average Bonchev–Trinajstić information content (AvgIpc) is 2.47. The molecular weight excluding hydrogens is 284 g/mol. The lowest BCUT2D eigenvalue weighted by Gasteiger charge is -2.24. The van der Waals surface area contributed by atoms with Gasteiger partial charge < -0.3 is 19.5 Å². The second-order valence-electron chi connectivity index (χ2n) is 5.50. The molecule has 0 unspecified atom stereocenters. The number of hydrogen-bond acceptors (Lipinski definition) is 5. The quantitative estimate of drug-likeness (QED) is 0.710. The van der Waals surface area contributed by atoms with Crippen LogP contribution in [-0.4, -0.2) is 43.4 Å². The molecule has 1 aromatic heterocycles. The molecule has 1 amide bonds. The maximum Gasteiger partial charge on any atom is 0.256 e. The van der Waals surface area contributed by atoms with Gasteiger partial charge in [0.2, 0.25) is 5.88 Å². The number of aryl methyl sites for hydroxylation is 1.